The molecule has 0 spiro atoms. The Morgan fingerprint density at radius 3 is 2.83 bits per heavy atom. The van der Waals surface area contributed by atoms with Gasteiger partial charge in [-0.3, -0.25) is 4.79 Å². The van der Waals surface area contributed by atoms with Crippen LogP contribution >= 0.6 is 0 Å². The van der Waals surface area contributed by atoms with Gasteiger partial charge in [0.05, 0.1) is 5.39 Å². The van der Waals surface area contributed by atoms with E-state index in [9.17, 15) is 4.79 Å². The molecule has 0 aliphatic rings. The SMILES string of the molecule is Cc1cccc(-c2onc3ccc(C=O)cc23)c1. The maximum Gasteiger partial charge on any atom is 0.174 e. The van der Waals surface area contributed by atoms with Gasteiger partial charge in [0.1, 0.15) is 11.8 Å². The van der Waals surface area contributed by atoms with Crippen LogP contribution in [0.4, 0.5) is 0 Å². The third-order valence-corrected chi connectivity index (χ3v) is 2.92. The number of hydrogen-bond acceptors (Lipinski definition) is 3. The minimum absolute atomic E-state index is 0.625. The number of aromatic nitrogens is 1. The van der Waals surface area contributed by atoms with Crippen molar-refractivity contribution in [3.8, 4) is 11.3 Å². The largest absolute Gasteiger partial charge is 0.355 e. The highest BCUT2D eigenvalue weighted by molar-refractivity contribution is 5.95. The Bertz CT molecular complexity index is 728. The van der Waals surface area contributed by atoms with Crippen LogP contribution in [0.3, 0.4) is 0 Å². The van der Waals surface area contributed by atoms with Gasteiger partial charge in [0.25, 0.3) is 0 Å². The Hall–Kier alpha value is -2.42. The Morgan fingerprint density at radius 2 is 2.06 bits per heavy atom. The van der Waals surface area contributed by atoms with Gasteiger partial charge in [-0.1, -0.05) is 28.9 Å². The van der Waals surface area contributed by atoms with Gasteiger partial charge in [0, 0.05) is 11.1 Å². The maximum atomic E-state index is 10.8. The van der Waals surface area contributed by atoms with E-state index < -0.39 is 0 Å². The zero-order chi connectivity index (χ0) is 12.5. The van der Waals surface area contributed by atoms with Crippen molar-refractivity contribution in [1.29, 1.82) is 0 Å². The standard InChI is InChI=1S/C15H11NO2/c1-10-3-2-4-12(7-10)15-13-8-11(9-17)5-6-14(13)16-18-15/h2-9H,1H3. The molecule has 3 aromatic rings. The molecule has 1 heterocycles. The van der Waals surface area contributed by atoms with E-state index in [4.69, 9.17) is 4.52 Å². The number of hydrogen-bond donors (Lipinski definition) is 0. The molecule has 3 heteroatoms. The van der Waals surface area contributed by atoms with Crippen LogP contribution in [0.1, 0.15) is 15.9 Å². The number of carbonyl (C=O) groups is 1. The first-order valence-electron chi connectivity index (χ1n) is 5.69. The fraction of sp³-hybridized carbons (Fsp3) is 0.0667. The normalized spacial score (nSPS) is 10.7. The summed E-state index contributed by atoms with van der Waals surface area (Å²) in [5, 5.41) is 4.88. The molecule has 0 saturated heterocycles. The second-order valence-corrected chi connectivity index (χ2v) is 4.28. The number of fused-ring (bicyclic) bond motifs is 1. The van der Waals surface area contributed by atoms with Crippen LogP contribution in [-0.4, -0.2) is 11.4 Å². The molecule has 0 N–H and O–H groups in total. The zero-order valence-corrected chi connectivity index (χ0v) is 9.88. The van der Waals surface area contributed by atoms with Crippen molar-refractivity contribution in [2.24, 2.45) is 0 Å². The summed E-state index contributed by atoms with van der Waals surface area (Å²) in [5.74, 6) is 0.706. The summed E-state index contributed by atoms with van der Waals surface area (Å²) in [7, 11) is 0. The molecular weight excluding hydrogens is 226 g/mol. The number of benzene rings is 2. The summed E-state index contributed by atoms with van der Waals surface area (Å²) >= 11 is 0. The first kappa shape index (κ1) is 10.7. The van der Waals surface area contributed by atoms with Gasteiger partial charge in [-0.15, -0.1) is 0 Å². The van der Waals surface area contributed by atoms with Gasteiger partial charge >= 0.3 is 0 Å². The van der Waals surface area contributed by atoms with Crippen LogP contribution in [0.15, 0.2) is 47.0 Å². The van der Waals surface area contributed by atoms with Crippen LogP contribution in [0.5, 0.6) is 0 Å². The lowest BCUT2D eigenvalue weighted by Gasteiger charge is -1.98. The highest BCUT2D eigenvalue weighted by Crippen LogP contribution is 2.29. The molecule has 0 saturated carbocycles. The Balaban J connectivity index is 2.26. The first-order valence-corrected chi connectivity index (χ1v) is 5.69. The van der Waals surface area contributed by atoms with Gasteiger partial charge in [0.2, 0.25) is 0 Å². The van der Waals surface area contributed by atoms with Crippen molar-refractivity contribution in [3.05, 3.63) is 53.6 Å². The molecule has 3 nitrogen and oxygen atoms in total. The third kappa shape index (κ3) is 1.70. The smallest absolute Gasteiger partial charge is 0.174 e. The predicted molar refractivity (Wildman–Crippen MR) is 69.6 cm³/mol. The molecule has 0 bridgehead atoms. The second kappa shape index (κ2) is 4.11. The average Bonchev–Trinajstić information content (AvgIpc) is 2.81. The van der Waals surface area contributed by atoms with Gasteiger partial charge in [-0.05, 0) is 31.2 Å². The van der Waals surface area contributed by atoms with E-state index in [-0.39, 0.29) is 0 Å². The van der Waals surface area contributed by atoms with E-state index in [0.717, 1.165) is 28.3 Å². The van der Waals surface area contributed by atoms with Crippen molar-refractivity contribution in [2.75, 3.05) is 0 Å². The number of aldehydes is 1. The monoisotopic (exact) mass is 237 g/mol. The number of aryl methyl sites for hydroxylation is 1. The Kier molecular flexibility index (Phi) is 2.45. The molecule has 0 radical (unpaired) electrons. The zero-order valence-electron chi connectivity index (χ0n) is 9.88. The summed E-state index contributed by atoms with van der Waals surface area (Å²) < 4.78 is 5.39. The van der Waals surface area contributed by atoms with E-state index in [1.165, 1.54) is 0 Å². The van der Waals surface area contributed by atoms with Crippen LogP contribution in [0.25, 0.3) is 22.2 Å². The van der Waals surface area contributed by atoms with E-state index in [1.54, 1.807) is 18.2 Å². The summed E-state index contributed by atoms with van der Waals surface area (Å²) in [5.41, 5.74) is 3.51. The number of nitrogens with zero attached hydrogens (tertiary/aromatic N) is 1. The predicted octanol–water partition coefficient (Wildman–Crippen LogP) is 3.62. The molecule has 0 unspecified atom stereocenters. The van der Waals surface area contributed by atoms with E-state index >= 15 is 0 Å². The van der Waals surface area contributed by atoms with Crippen molar-refractivity contribution >= 4 is 17.2 Å². The summed E-state index contributed by atoms with van der Waals surface area (Å²) in [4.78, 5) is 10.8. The molecule has 0 atom stereocenters. The fourth-order valence-corrected chi connectivity index (χ4v) is 2.03. The molecule has 0 amide bonds. The molecule has 2 aromatic carbocycles. The minimum atomic E-state index is 0.625. The van der Waals surface area contributed by atoms with Crippen LogP contribution in [0, 0.1) is 6.92 Å². The summed E-state index contributed by atoms with van der Waals surface area (Å²) in [6.45, 7) is 2.03. The molecule has 3 rings (SSSR count). The van der Waals surface area contributed by atoms with Crippen LogP contribution < -0.4 is 0 Å². The van der Waals surface area contributed by atoms with Crippen LogP contribution in [-0.2, 0) is 0 Å². The van der Waals surface area contributed by atoms with Gasteiger partial charge in [-0.25, -0.2) is 0 Å². The molecule has 0 aliphatic carbocycles. The molecular formula is C15H11NO2. The van der Waals surface area contributed by atoms with Crippen molar-refractivity contribution in [2.45, 2.75) is 6.92 Å². The van der Waals surface area contributed by atoms with Crippen molar-refractivity contribution in [1.82, 2.24) is 5.16 Å². The topological polar surface area (TPSA) is 43.1 Å². The van der Waals surface area contributed by atoms with E-state index in [0.29, 0.717) is 11.3 Å². The third-order valence-electron chi connectivity index (χ3n) is 2.92. The number of carbonyl (C=O) groups excluding carboxylic acids is 1. The lowest BCUT2D eigenvalue weighted by Crippen LogP contribution is -1.80. The average molecular weight is 237 g/mol. The quantitative estimate of drug-likeness (QED) is 0.639. The van der Waals surface area contributed by atoms with Crippen molar-refractivity contribution in [3.63, 3.8) is 0 Å². The second-order valence-electron chi connectivity index (χ2n) is 4.28. The molecule has 18 heavy (non-hydrogen) atoms. The fourth-order valence-electron chi connectivity index (χ4n) is 2.03. The molecule has 88 valence electrons. The Labute approximate surface area is 104 Å². The first-order chi connectivity index (χ1) is 8.78. The Morgan fingerprint density at radius 1 is 1.17 bits per heavy atom. The summed E-state index contributed by atoms with van der Waals surface area (Å²) in [6, 6.07) is 13.3. The van der Waals surface area contributed by atoms with E-state index in [1.807, 2.05) is 31.2 Å². The van der Waals surface area contributed by atoms with Gasteiger partial charge in [0.15, 0.2) is 5.76 Å². The van der Waals surface area contributed by atoms with Crippen LogP contribution in [0.2, 0.25) is 0 Å². The lowest BCUT2D eigenvalue weighted by molar-refractivity contribution is 0.112. The molecule has 1 aromatic heterocycles. The highest BCUT2D eigenvalue weighted by Gasteiger charge is 2.11. The highest BCUT2D eigenvalue weighted by atomic mass is 16.5. The van der Waals surface area contributed by atoms with Crippen molar-refractivity contribution < 1.29 is 9.32 Å². The van der Waals surface area contributed by atoms with E-state index in [2.05, 4.69) is 5.16 Å². The summed E-state index contributed by atoms with van der Waals surface area (Å²) in [6.07, 6.45) is 0.826. The molecule has 0 fully saturated rings. The van der Waals surface area contributed by atoms with Gasteiger partial charge in [-0.2, -0.15) is 0 Å². The number of rotatable bonds is 2. The maximum absolute atomic E-state index is 10.8. The minimum Gasteiger partial charge on any atom is -0.355 e. The molecule has 0 aliphatic heterocycles. The lowest BCUT2D eigenvalue weighted by atomic mass is 10.1. The van der Waals surface area contributed by atoms with Gasteiger partial charge < -0.3 is 4.52 Å².